The molecule has 0 bridgehead atoms. The number of rotatable bonds is 2. The molecule has 0 aliphatic heterocycles. The quantitative estimate of drug-likeness (QED) is 0.752. The van der Waals surface area contributed by atoms with Gasteiger partial charge in [0.05, 0.1) is 5.56 Å². The molecule has 0 spiro atoms. The molecule has 0 unspecified atom stereocenters. The van der Waals surface area contributed by atoms with E-state index in [-0.39, 0.29) is 5.56 Å². The molecule has 1 aromatic carbocycles. The van der Waals surface area contributed by atoms with E-state index in [0.29, 0.717) is 12.0 Å². The normalized spacial score (nSPS) is 10.2. The predicted octanol–water partition coefficient (Wildman–Crippen LogP) is 1.56. The summed E-state index contributed by atoms with van der Waals surface area (Å²) >= 11 is 0. The lowest BCUT2D eigenvalue weighted by atomic mass is 10.1. The van der Waals surface area contributed by atoms with E-state index < -0.39 is 0 Å². The minimum atomic E-state index is -0.149. The van der Waals surface area contributed by atoms with Gasteiger partial charge in [-0.25, -0.2) is 0 Å². The van der Waals surface area contributed by atoms with Crippen molar-refractivity contribution >= 4 is 0 Å². The van der Waals surface area contributed by atoms with Crippen molar-refractivity contribution in [2.24, 2.45) is 0 Å². The van der Waals surface area contributed by atoms with Crippen LogP contribution in [0.1, 0.15) is 11.1 Å². The second-order valence-electron chi connectivity index (χ2n) is 2.85. The predicted molar refractivity (Wildman–Crippen MR) is 48.6 cm³/mol. The molecule has 2 rings (SSSR count). The van der Waals surface area contributed by atoms with Gasteiger partial charge in [0.2, 0.25) is 0 Å². The van der Waals surface area contributed by atoms with Gasteiger partial charge in [-0.1, -0.05) is 30.3 Å². The summed E-state index contributed by atoms with van der Waals surface area (Å²) in [5.74, 6) is 0. The number of aromatic nitrogens is 1. The molecule has 66 valence electrons. The second-order valence-corrected chi connectivity index (χ2v) is 2.85. The Morgan fingerprint density at radius 1 is 1.23 bits per heavy atom. The molecule has 13 heavy (non-hydrogen) atoms. The van der Waals surface area contributed by atoms with Crippen molar-refractivity contribution in [1.82, 2.24) is 5.16 Å². The van der Waals surface area contributed by atoms with Crippen LogP contribution in [-0.4, -0.2) is 5.16 Å². The van der Waals surface area contributed by atoms with Crippen LogP contribution in [0, 0.1) is 0 Å². The first-order chi connectivity index (χ1) is 6.36. The maximum atomic E-state index is 11.1. The minimum Gasteiger partial charge on any atom is -0.387 e. The standard InChI is InChI=1S/C10H9NO2/c12-10-9(7-13-11-10)6-8-4-2-1-3-5-8/h1-5,7H,6H2,(H,11,12). The Morgan fingerprint density at radius 2 is 2.00 bits per heavy atom. The van der Waals surface area contributed by atoms with Crippen LogP contribution in [-0.2, 0) is 6.42 Å². The smallest absolute Gasteiger partial charge is 0.283 e. The SMILES string of the molecule is O=c1[nH]occ1Cc1ccccc1. The van der Waals surface area contributed by atoms with Gasteiger partial charge < -0.3 is 4.52 Å². The topological polar surface area (TPSA) is 46.0 Å². The Balaban J connectivity index is 2.25. The molecule has 1 aromatic heterocycles. The lowest BCUT2D eigenvalue weighted by Gasteiger charge is -1.94. The first-order valence-electron chi connectivity index (χ1n) is 4.05. The van der Waals surface area contributed by atoms with Gasteiger partial charge in [0.15, 0.2) is 0 Å². The van der Waals surface area contributed by atoms with Gasteiger partial charge in [0.1, 0.15) is 6.26 Å². The summed E-state index contributed by atoms with van der Waals surface area (Å²) in [6, 6.07) is 9.80. The van der Waals surface area contributed by atoms with Crippen LogP contribution in [0.4, 0.5) is 0 Å². The highest BCUT2D eigenvalue weighted by atomic mass is 16.5. The highest BCUT2D eigenvalue weighted by Crippen LogP contribution is 2.04. The van der Waals surface area contributed by atoms with Crippen molar-refractivity contribution in [1.29, 1.82) is 0 Å². The number of benzene rings is 1. The monoisotopic (exact) mass is 175 g/mol. The van der Waals surface area contributed by atoms with E-state index in [1.54, 1.807) is 0 Å². The van der Waals surface area contributed by atoms with E-state index in [9.17, 15) is 4.79 Å². The van der Waals surface area contributed by atoms with Gasteiger partial charge in [-0.3, -0.25) is 4.79 Å². The van der Waals surface area contributed by atoms with Crippen LogP contribution in [0.5, 0.6) is 0 Å². The van der Waals surface area contributed by atoms with E-state index in [1.165, 1.54) is 6.26 Å². The molecular weight excluding hydrogens is 166 g/mol. The maximum absolute atomic E-state index is 11.1. The Morgan fingerprint density at radius 3 is 2.62 bits per heavy atom. The van der Waals surface area contributed by atoms with Crippen LogP contribution >= 0.6 is 0 Å². The van der Waals surface area contributed by atoms with E-state index in [1.807, 2.05) is 30.3 Å². The third-order valence-corrected chi connectivity index (χ3v) is 1.88. The number of nitrogens with one attached hydrogen (secondary N) is 1. The van der Waals surface area contributed by atoms with Crippen molar-refractivity contribution < 1.29 is 4.52 Å². The highest BCUT2D eigenvalue weighted by molar-refractivity contribution is 5.21. The van der Waals surface area contributed by atoms with E-state index in [4.69, 9.17) is 0 Å². The zero-order chi connectivity index (χ0) is 9.10. The minimum absolute atomic E-state index is 0.149. The van der Waals surface area contributed by atoms with Crippen LogP contribution in [0.2, 0.25) is 0 Å². The molecule has 0 atom stereocenters. The average Bonchev–Trinajstić information content (AvgIpc) is 2.54. The Hall–Kier alpha value is -1.77. The van der Waals surface area contributed by atoms with Gasteiger partial charge in [0, 0.05) is 6.42 Å². The van der Waals surface area contributed by atoms with Crippen molar-refractivity contribution in [2.45, 2.75) is 6.42 Å². The Labute approximate surface area is 75.0 Å². The maximum Gasteiger partial charge on any atom is 0.283 e. The zero-order valence-corrected chi connectivity index (χ0v) is 6.99. The average molecular weight is 175 g/mol. The third-order valence-electron chi connectivity index (χ3n) is 1.88. The highest BCUT2D eigenvalue weighted by Gasteiger charge is 2.01. The lowest BCUT2D eigenvalue weighted by Crippen LogP contribution is -2.05. The molecular formula is C10H9NO2. The van der Waals surface area contributed by atoms with Crippen LogP contribution in [0.3, 0.4) is 0 Å². The van der Waals surface area contributed by atoms with E-state index in [2.05, 4.69) is 9.68 Å². The number of aromatic amines is 1. The molecule has 0 saturated carbocycles. The first-order valence-corrected chi connectivity index (χ1v) is 4.05. The largest absolute Gasteiger partial charge is 0.387 e. The molecule has 0 fully saturated rings. The fourth-order valence-electron chi connectivity index (χ4n) is 1.21. The molecule has 0 amide bonds. The van der Waals surface area contributed by atoms with Gasteiger partial charge in [-0.2, -0.15) is 5.16 Å². The zero-order valence-electron chi connectivity index (χ0n) is 6.99. The van der Waals surface area contributed by atoms with Crippen molar-refractivity contribution in [3.05, 3.63) is 58.1 Å². The summed E-state index contributed by atoms with van der Waals surface area (Å²) in [4.78, 5) is 11.1. The first kappa shape index (κ1) is 7.86. The van der Waals surface area contributed by atoms with Crippen molar-refractivity contribution in [3.63, 3.8) is 0 Å². The van der Waals surface area contributed by atoms with Crippen molar-refractivity contribution in [3.8, 4) is 0 Å². The fraction of sp³-hybridized carbons (Fsp3) is 0.100. The summed E-state index contributed by atoms with van der Waals surface area (Å²) in [6.07, 6.45) is 2.07. The number of hydrogen-bond acceptors (Lipinski definition) is 2. The summed E-state index contributed by atoms with van der Waals surface area (Å²) in [5, 5.41) is 2.26. The van der Waals surface area contributed by atoms with Crippen LogP contribution < -0.4 is 5.56 Å². The summed E-state index contributed by atoms with van der Waals surface area (Å²) in [5.41, 5.74) is 1.62. The molecule has 0 aliphatic carbocycles. The Bertz CT molecular complexity index is 427. The molecule has 1 heterocycles. The second kappa shape index (κ2) is 3.31. The molecule has 0 aliphatic rings. The van der Waals surface area contributed by atoms with Gasteiger partial charge in [0.25, 0.3) is 5.56 Å². The number of hydrogen-bond donors (Lipinski definition) is 1. The summed E-state index contributed by atoms with van der Waals surface area (Å²) in [6.45, 7) is 0. The third kappa shape index (κ3) is 1.69. The molecule has 0 radical (unpaired) electrons. The molecule has 3 heteroatoms. The van der Waals surface area contributed by atoms with Gasteiger partial charge in [-0.05, 0) is 5.56 Å². The van der Waals surface area contributed by atoms with Gasteiger partial charge in [-0.15, -0.1) is 0 Å². The van der Waals surface area contributed by atoms with Crippen LogP contribution in [0.15, 0.2) is 45.9 Å². The van der Waals surface area contributed by atoms with Gasteiger partial charge >= 0.3 is 0 Å². The fourth-order valence-corrected chi connectivity index (χ4v) is 1.21. The van der Waals surface area contributed by atoms with Crippen molar-refractivity contribution in [2.75, 3.05) is 0 Å². The summed E-state index contributed by atoms with van der Waals surface area (Å²) < 4.78 is 4.68. The summed E-state index contributed by atoms with van der Waals surface area (Å²) in [7, 11) is 0. The molecule has 0 saturated heterocycles. The lowest BCUT2D eigenvalue weighted by molar-refractivity contribution is 0.413. The van der Waals surface area contributed by atoms with E-state index in [0.717, 1.165) is 5.56 Å². The number of H-pyrrole nitrogens is 1. The Kier molecular flexibility index (Phi) is 2.00. The van der Waals surface area contributed by atoms with E-state index >= 15 is 0 Å². The van der Waals surface area contributed by atoms with Crippen LogP contribution in [0.25, 0.3) is 0 Å². The molecule has 1 N–H and O–H groups in total. The molecule has 3 nitrogen and oxygen atoms in total. The molecule has 2 aromatic rings.